The molecule has 0 fully saturated rings. The zero-order valence-electron chi connectivity index (χ0n) is 10.4. The highest BCUT2D eigenvalue weighted by atomic mass is 79.9. The van der Waals surface area contributed by atoms with Gasteiger partial charge in [0.05, 0.1) is 25.4 Å². The fourth-order valence-electron chi connectivity index (χ4n) is 1.95. The number of hydrogen-bond acceptors (Lipinski definition) is 4. The van der Waals surface area contributed by atoms with Crippen LogP contribution in [-0.2, 0) is 13.0 Å². The molecule has 5 heteroatoms. The maximum Gasteiger partial charge on any atom is 0.127 e. The van der Waals surface area contributed by atoms with Crippen LogP contribution in [0.3, 0.4) is 0 Å². The van der Waals surface area contributed by atoms with Gasteiger partial charge in [-0.25, -0.2) is 0 Å². The molecule has 1 heterocycles. The normalized spacial score (nSPS) is 14.4. The lowest BCUT2D eigenvalue weighted by Gasteiger charge is -2.26. The van der Waals surface area contributed by atoms with Crippen LogP contribution in [-0.4, -0.2) is 35.6 Å². The van der Waals surface area contributed by atoms with Gasteiger partial charge in [0, 0.05) is 23.0 Å². The zero-order chi connectivity index (χ0) is 13.2. The van der Waals surface area contributed by atoms with Crippen LogP contribution in [0.2, 0.25) is 0 Å². The van der Waals surface area contributed by atoms with Gasteiger partial charge in [-0.1, -0.05) is 15.9 Å². The Morgan fingerprint density at radius 3 is 2.78 bits per heavy atom. The Morgan fingerprint density at radius 2 is 2.11 bits per heavy atom. The smallest absolute Gasteiger partial charge is 0.127 e. The first-order valence-corrected chi connectivity index (χ1v) is 6.78. The Hall–Kier alpha value is -0.620. The molecule has 1 aliphatic rings. The van der Waals surface area contributed by atoms with Crippen molar-refractivity contribution in [2.45, 2.75) is 25.4 Å². The average molecular weight is 316 g/mol. The van der Waals surface area contributed by atoms with E-state index < -0.39 is 5.54 Å². The summed E-state index contributed by atoms with van der Waals surface area (Å²) < 4.78 is 6.66. The molecule has 0 bridgehead atoms. The number of fused-ring (bicyclic) bond motifs is 1. The second-order valence-electron chi connectivity index (χ2n) is 4.88. The summed E-state index contributed by atoms with van der Waals surface area (Å²) in [6.07, 6.45) is 0.930. The predicted molar refractivity (Wildman–Crippen MR) is 72.8 cm³/mol. The molecule has 3 N–H and O–H groups in total. The van der Waals surface area contributed by atoms with Gasteiger partial charge >= 0.3 is 0 Å². The second-order valence-corrected chi connectivity index (χ2v) is 5.80. The molecule has 0 saturated carbocycles. The van der Waals surface area contributed by atoms with Gasteiger partial charge in [0.1, 0.15) is 5.75 Å². The van der Waals surface area contributed by atoms with Gasteiger partial charge in [0.25, 0.3) is 0 Å². The third kappa shape index (κ3) is 2.85. The van der Waals surface area contributed by atoms with Crippen molar-refractivity contribution < 1.29 is 14.9 Å². The van der Waals surface area contributed by atoms with Crippen LogP contribution < -0.4 is 10.1 Å². The number of nitrogens with one attached hydrogen (secondary N) is 1. The van der Waals surface area contributed by atoms with E-state index >= 15 is 0 Å². The zero-order valence-corrected chi connectivity index (χ0v) is 12.0. The Labute approximate surface area is 115 Å². The van der Waals surface area contributed by atoms with Crippen LogP contribution >= 0.6 is 15.9 Å². The summed E-state index contributed by atoms with van der Waals surface area (Å²) in [7, 11) is 0. The molecular weight excluding hydrogens is 298 g/mol. The topological polar surface area (TPSA) is 61.7 Å². The number of rotatable bonds is 5. The summed E-state index contributed by atoms with van der Waals surface area (Å²) in [5.41, 5.74) is 1.58. The molecule has 0 unspecified atom stereocenters. The van der Waals surface area contributed by atoms with Crippen LogP contribution in [0.25, 0.3) is 0 Å². The van der Waals surface area contributed by atoms with E-state index in [1.165, 1.54) is 5.56 Å². The molecule has 0 amide bonds. The third-order valence-corrected chi connectivity index (χ3v) is 3.69. The molecule has 1 aromatic rings. The highest BCUT2D eigenvalue weighted by Crippen LogP contribution is 2.33. The van der Waals surface area contributed by atoms with Crippen LogP contribution in [0, 0.1) is 0 Å². The lowest BCUT2D eigenvalue weighted by Crippen LogP contribution is -2.48. The Balaban J connectivity index is 2.15. The van der Waals surface area contributed by atoms with Crippen LogP contribution in [0.15, 0.2) is 16.6 Å². The Kier molecular flexibility index (Phi) is 4.27. The maximum absolute atomic E-state index is 9.25. The van der Waals surface area contributed by atoms with Gasteiger partial charge in [0.15, 0.2) is 0 Å². The van der Waals surface area contributed by atoms with Gasteiger partial charge < -0.3 is 20.3 Å². The van der Waals surface area contributed by atoms with Crippen molar-refractivity contribution in [2.24, 2.45) is 0 Å². The molecule has 1 aromatic carbocycles. The standard InChI is InChI=1S/C13H18BrNO3/c1-13(7-16,8-17)15-6-10-5-11(14)4-9-2-3-18-12(9)10/h4-5,15-17H,2-3,6-8H2,1H3. The van der Waals surface area contributed by atoms with Crippen molar-refractivity contribution >= 4 is 15.9 Å². The minimum atomic E-state index is -0.673. The lowest BCUT2D eigenvalue weighted by atomic mass is 10.0. The SMILES string of the molecule is CC(CO)(CO)NCc1cc(Br)cc2c1OCC2. The quantitative estimate of drug-likeness (QED) is 0.764. The van der Waals surface area contributed by atoms with Gasteiger partial charge in [-0.2, -0.15) is 0 Å². The van der Waals surface area contributed by atoms with Crippen molar-refractivity contribution in [2.75, 3.05) is 19.8 Å². The molecule has 4 nitrogen and oxygen atoms in total. The number of aliphatic hydroxyl groups excluding tert-OH is 2. The van der Waals surface area contributed by atoms with Gasteiger partial charge in [-0.3, -0.25) is 0 Å². The monoisotopic (exact) mass is 315 g/mol. The van der Waals surface area contributed by atoms with Crippen LogP contribution in [0.1, 0.15) is 18.1 Å². The van der Waals surface area contributed by atoms with Crippen LogP contribution in [0.5, 0.6) is 5.75 Å². The summed E-state index contributed by atoms with van der Waals surface area (Å²) in [5, 5.41) is 21.7. The van der Waals surface area contributed by atoms with E-state index in [1.54, 1.807) is 6.92 Å². The average Bonchev–Trinajstić information content (AvgIpc) is 2.83. The maximum atomic E-state index is 9.25. The van der Waals surface area contributed by atoms with E-state index in [9.17, 15) is 10.2 Å². The summed E-state index contributed by atoms with van der Waals surface area (Å²) in [6.45, 7) is 2.84. The van der Waals surface area contributed by atoms with Crippen molar-refractivity contribution in [3.8, 4) is 5.75 Å². The van der Waals surface area contributed by atoms with Crippen molar-refractivity contribution in [3.05, 3.63) is 27.7 Å². The molecule has 0 aromatic heterocycles. The summed E-state index contributed by atoms with van der Waals surface area (Å²) in [6, 6.07) is 4.08. The van der Waals surface area contributed by atoms with E-state index in [0.29, 0.717) is 6.54 Å². The van der Waals surface area contributed by atoms with E-state index in [-0.39, 0.29) is 13.2 Å². The minimum absolute atomic E-state index is 0.111. The first-order valence-electron chi connectivity index (χ1n) is 5.99. The van der Waals surface area contributed by atoms with Gasteiger partial charge in [-0.15, -0.1) is 0 Å². The molecule has 0 aliphatic carbocycles. The number of ether oxygens (including phenoxy) is 1. The highest BCUT2D eigenvalue weighted by Gasteiger charge is 2.23. The molecule has 0 saturated heterocycles. The summed E-state index contributed by atoms with van der Waals surface area (Å²) in [5.74, 6) is 0.934. The van der Waals surface area contributed by atoms with Gasteiger partial charge in [0.2, 0.25) is 0 Å². The van der Waals surface area contributed by atoms with Gasteiger partial charge in [-0.05, 0) is 24.6 Å². The Bertz CT molecular complexity index is 432. The molecule has 0 atom stereocenters. The molecule has 0 spiro atoms. The number of hydrogen-bond donors (Lipinski definition) is 3. The molecule has 18 heavy (non-hydrogen) atoms. The Morgan fingerprint density at radius 1 is 1.39 bits per heavy atom. The predicted octanol–water partition coefficient (Wildman–Crippen LogP) is 1.22. The van der Waals surface area contributed by atoms with E-state index in [4.69, 9.17) is 4.74 Å². The fraction of sp³-hybridized carbons (Fsp3) is 0.538. The molecule has 0 radical (unpaired) electrons. The van der Waals surface area contributed by atoms with Crippen LogP contribution in [0.4, 0.5) is 0 Å². The summed E-state index contributed by atoms with van der Waals surface area (Å²) in [4.78, 5) is 0. The fourth-order valence-corrected chi connectivity index (χ4v) is 2.50. The first-order chi connectivity index (χ1) is 8.58. The summed E-state index contributed by atoms with van der Waals surface area (Å²) >= 11 is 3.49. The molecule has 100 valence electrons. The van der Waals surface area contributed by atoms with Crippen molar-refractivity contribution in [1.29, 1.82) is 0 Å². The lowest BCUT2D eigenvalue weighted by molar-refractivity contribution is 0.103. The number of halogens is 1. The van der Waals surface area contributed by atoms with E-state index in [2.05, 4.69) is 27.3 Å². The minimum Gasteiger partial charge on any atom is -0.493 e. The van der Waals surface area contributed by atoms with Crippen molar-refractivity contribution in [3.63, 3.8) is 0 Å². The molecule has 1 aliphatic heterocycles. The third-order valence-electron chi connectivity index (χ3n) is 3.23. The van der Waals surface area contributed by atoms with Crippen molar-refractivity contribution in [1.82, 2.24) is 5.32 Å². The largest absolute Gasteiger partial charge is 0.493 e. The van der Waals surface area contributed by atoms with E-state index in [1.807, 2.05) is 6.07 Å². The molecular formula is C13H18BrNO3. The number of benzene rings is 1. The first kappa shape index (κ1) is 13.8. The molecule has 2 rings (SSSR count). The second kappa shape index (κ2) is 5.57. The van der Waals surface area contributed by atoms with E-state index in [0.717, 1.165) is 28.8 Å². The highest BCUT2D eigenvalue weighted by molar-refractivity contribution is 9.10. The number of aliphatic hydroxyl groups is 2.